The van der Waals surface area contributed by atoms with Crippen LogP contribution in [0.4, 0.5) is 0 Å². The fourth-order valence-corrected chi connectivity index (χ4v) is 4.83. The maximum Gasteiger partial charge on any atom is 0.277 e. The van der Waals surface area contributed by atoms with Crippen LogP contribution in [0.2, 0.25) is 0 Å². The number of aryl methyl sites for hydroxylation is 2. The lowest BCUT2D eigenvalue weighted by Crippen LogP contribution is -2.38. The average Bonchev–Trinajstić information content (AvgIpc) is 3.14. The molecule has 0 atom stereocenters. The van der Waals surface area contributed by atoms with Crippen LogP contribution in [0.3, 0.4) is 0 Å². The Hall–Kier alpha value is -3.41. The van der Waals surface area contributed by atoms with Crippen molar-refractivity contribution in [3.8, 4) is 0 Å². The number of aromatic nitrogens is 3. The van der Waals surface area contributed by atoms with Gasteiger partial charge in [0.25, 0.3) is 5.56 Å². The van der Waals surface area contributed by atoms with Crippen molar-refractivity contribution in [2.75, 3.05) is 0 Å². The molecular formula is C26H28N4O2. The van der Waals surface area contributed by atoms with Crippen molar-refractivity contribution >= 4 is 27.8 Å². The Labute approximate surface area is 186 Å². The summed E-state index contributed by atoms with van der Waals surface area (Å²) in [6.07, 6.45) is 8.02. The van der Waals surface area contributed by atoms with Gasteiger partial charge in [-0.2, -0.15) is 0 Å². The van der Waals surface area contributed by atoms with Crippen LogP contribution in [0.25, 0.3) is 21.9 Å². The van der Waals surface area contributed by atoms with Gasteiger partial charge in [0.1, 0.15) is 17.6 Å². The van der Waals surface area contributed by atoms with Crippen molar-refractivity contribution in [1.82, 2.24) is 19.4 Å². The number of hydrogen-bond donors (Lipinski definition) is 1. The molecule has 4 aromatic rings. The number of rotatable bonds is 6. The van der Waals surface area contributed by atoms with Crippen molar-refractivity contribution in [1.29, 1.82) is 0 Å². The molecule has 0 spiro atoms. The Morgan fingerprint density at radius 3 is 2.56 bits per heavy atom. The van der Waals surface area contributed by atoms with Crippen LogP contribution in [-0.2, 0) is 24.3 Å². The van der Waals surface area contributed by atoms with Gasteiger partial charge in [0, 0.05) is 18.0 Å². The lowest BCUT2D eigenvalue weighted by atomic mass is 9.95. The number of benzene rings is 2. The molecule has 0 saturated heterocycles. The largest absolute Gasteiger partial charge is 0.352 e. The third kappa shape index (κ3) is 4.05. The van der Waals surface area contributed by atoms with Gasteiger partial charge in [-0.3, -0.25) is 14.2 Å². The molecule has 0 bridgehead atoms. The fraction of sp³-hybridized carbons (Fsp3) is 0.346. The molecule has 1 amide bonds. The molecule has 6 heteroatoms. The number of nitrogens with one attached hydrogen (secondary N) is 1. The second-order valence-corrected chi connectivity index (χ2v) is 8.68. The van der Waals surface area contributed by atoms with Gasteiger partial charge >= 0.3 is 0 Å². The molecule has 1 aliphatic carbocycles. The van der Waals surface area contributed by atoms with Crippen LogP contribution in [0.1, 0.15) is 37.7 Å². The monoisotopic (exact) mass is 428 g/mol. The highest BCUT2D eigenvalue weighted by Crippen LogP contribution is 2.25. The van der Waals surface area contributed by atoms with Crippen LogP contribution in [0.5, 0.6) is 0 Å². The third-order valence-electron chi connectivity index (χ3n) is 6.49. The zero-order valence-electron chi connectivity index (χ0n) is 18.2. The van der Waals surface area contributed by atoms with Crippen molar-refractivity contribution in [2.24, 2.45) is 0 Å². The maximum absolute atomic E-state index is 13.5. The van der Waals surface area contributed by atoms with E-state index in [9.17, 15) is 9.59 Å². The molecule has 6 nitrogen and oxygen atoms in total. The summed E-state index contributed by atoms with van der Waals surface area (Å²) in [4.78, 5) is 31.0. The van der Waals surface area contributed by atoms with Gasteiger partial charge in [0.15, 0.2) is 0 Å². The van der Waals surface area contributed by atoms with Gasteiger partial charge in [0.2, 0.25) is 5.91 Å². The Kier molecular flexibility index (Phi) is 5.75. The molecule has 0 unspecified atom stereocenters. The first-order chi connectivity index (χ1) is 15.7. The highest BCUT2D eigenvalue weighted by Gasteiger charge is 2.20. The van der Waals surface area contributed by atoms with Crippen molar-refractivity contribution in [3.05, 3.63) is 76.8 Å². The Morgan fingerprint density at radius 1 is 1.00 bits per heavy atom. The van der Waals surface area contributed by atoms with Gasteiger partial charge in [0.05, 0.1) is 11.8 Å². The molecule has 2 aromatic carbocycles. The number of hydrogen-bond acceptors (Lipinski definition) is 3. The minimum absolute atomic E-state index is 0.0429. The van der Waals surface area contributed by atoms with Gasteiger partial charge < -0.3 is 9.88 Å². The summed E-state index contributed by atoms with van der Waals surface area (Å²) in [5.41, 5.74) is 3.10. The molecule has 164 valence electrons. The van der Waals surface area contributed by atoms with Gasteiger partial charge in [-0.05, 0) is 30.9 Å². The Morgan fingerprint density at radius 2 is 1.75 bits per heavy atom. The SMILES string of the molecule is O=C(Cn1c2ccccc2c2ncn(CCc3ccccc3)c(=O)c21)NC1CCCCC1. The molecule has 0 radical (unpaired) electrons. The molecular weight excluding hydrogens is 400 g/mol. The molecule has 1 aliphatic rings. The van der Waals surface area contributed by atoms with Crippen molar-refractivity contribution < 1.29 is 4.79 Å². The number of carbonyl (C=O) groups excluding carboxylic acids is 1. The molecule has 2 heterocycles. The van der Waals surface area contributed by atoms with Crippen LogP contribution < -0.4 is 10.9 Å². The van der Waals surface area contributed by atoms with E-state index < -0.39 is 0 Å². The average molecular weight is 429 g/mol. The summed E-state index contributed by atoms with van der Waals surface area (Å²) in [7, 11) is 0. The molecule has 2 aromatic heterocycles. The standard InChI is InChI=1S/C26H28N4O2/c31-23(28-20-11-5-2-6-12-20)17-30-22-14-8-7-13-21(22)24-25(30)26(32)29(18-27-24)16-15-19-9-3-1-4-10-19/h1,3-4,7-10,13-14,18,20H,2,5-6,11-12,15-17H2,(H,28,31). The van der Waals surface area contributed by atoms with E-state index in [1.807, 2.05) is 47.0 Å². The van der Waals surface area contributed by atoms with Crippen LogP contribution >= 0.6 is 0 Å². The summed E-state index contributed by atoms with van der Waals surface area (Å²) < 4.78 is 3.50. The number of carbonyl (C=O) groups is 1. The van der Waals surface area contributed by atoms with Gasteiger partial charge in [-0.1, -0.05) is 67.8 Å². The predicted octanol–water partition coefficient (Wildman–Crippen LogP) is 4.04. The molecule has 1 N–H and O–H groups in total. The normalized spacial score (nSPS) is 14.8. The number of fused-ring (bicyclic) bond motifs is 3. The van der Waals surface area contributed by atoms with E-state index in [0.29, 0.717) is 17.6 Å². The van der Waals surface area contributed by atoms with E-state index in [1.165, 1.54) is 12.0 Å². The minimum Gasteiger partial charge on any atom is -0.352 e. The third-order valence-corrected chi connectivity index (χ3v) is 6.49. The van der Waals surface area contributed by atoms with Crippen LogP contribution in [0.15, 0.2) is 65.7 Å². The van der Waals surface area contributed by atoms with Gasteiger partial charge in [-0.25, -0.2) is 4.98 Å². The molecule has 5 rings (SSSR count). The summed E-state index contributed by atoms with van der Waals surface area (Å²) in [5.74, 6) is -0.0429. The van der Waals surface area contributed by atoms with E-state index in [-0.39, 0.29) is 24.1 Å². The second-order valence-electron chi connectivity index (χ2n) is 8.68. The van der Waals surface area contributed by atoms with E-state index in [4.69, 9.17) is 0 Å². The van der Waals surface area contributed by atoms with Crippen LogP contribution in [-0.4, -0.2) is 26.1 Å². The lowest BCUT2D eigenvalue weighted by molar-refractivity contribution is -0.122. The summed E-state index contributed by atoms with van der Waals surface area (Å²) in [6.45, 7) is 0.668. The quantitative estimate of drug-likeness (QED) is 0.504. The summed E-state index contributed by atoms with van der Waals surface area (Å²) >= 11 is 0. The summed E-state index contributed by atoms with van der Waals surface area (Å²) in [6, 6.07) is 18.1. The number of para-hydroxylation sites is 1. The fourth-order valence-electron chi connectivity index (χ4n) is 4.83. The molecule has 0 aliphatic heterocycles. The highest BCUT2D eigenvalue weighted by atomic mass is 16.2. The Bertz CT molecular complexity index is 1300. The van der Waals surface area contributed by atoms with E-state index in [0.717, 1.165) is 43.0 Å². The topological polar surface area (TPSA) is 68.9 Å². The zero-order chi connectivity index (χ0) is 21.9. The highest BCUT2D eigenvalue weighted by molar-refractivity contribution is 6.06. The van der Waals surface area contributed by atoms with Gasteiger partial charge in [-0.15, -0.1) is 0 Å². The first-order valence-electron chi connectivity index (χ1n) is 11.5. The first-order valence-corrected chi connectivity index (χ1v) is 11.5. The second kappa shape index (κ2) is 8.99. The summed E-state index contributed by atoms with van der Waals surface area (Å²) in [5, 5.41) is 4.08. The molecule has 1 saturated carbocycles. The lowest BCUT2D eigenvalue weighted by Gasteiger charge is -2.23. The van der Waals surface area contributed by atoms with E-state index in [2.05, 4.69) is 22.4 Å². The minimum atomic E-state index is -0.104. The Balaban J connectivity index is 1.49. The maximum atomic E-state index is 13.5. The van der Waals surface area contributed by atoms with Crippen molar-refractivity contribution in [3.63, 3.8) is 0 Å². The van der Waals surface area contributed by atoms with Crippen LogP contribution in [0, 0.1) is 0 Å². The predicted molar refractivity (Wildman–Crippen MR) is 127 cm³/mol. The zero-order valence-corrected chi connectivity index (χ0v) is 18.2. The smallest absolute Gasteiger partial charge is 0.277 e. The number of nitrogens with zero attached hydrogens (tertiary/aromatic N) is 3. The molecule has 1 fully saturated rings. The van der Waals surface area contributed by atoms with E-state index in [1.54, 1.807) is 10.9 Å². The molecule has 32 heavy (non-hydrogen) atoms. The van der Waals surface area contributed by atoms with Crippen molar-refractivity contribution in [2.45, 2.75) is 57.7 Å². The first kappa shape index (κ1) is 20.5. The van der Waals surface area contributed by atoms with E-state index >= 15 is 0 Å². The number of amides is 1.